The normalized spacial score (nSPS) is 12.9. The molecule has 0 fully saturated rings. The first-order valence-electron chi connectivity index (χ1n) is 6.62. The third kappa shape index (κ3) is 22.7. The van der Waals surface area contributed by atoms with Crippen molar-refractivity contribution in [1.82, 2.24) is 0 Å². The highest BCUT2D eigenvalue weighted by molar-refractivity contribution is 4.55. The Morgan fingerprint density at radius 1 is 0.714 bits per heavy atom. The van der Waals surface area contributed by atoms with E-state index >= 15 is 0 Å². The van der Waals surface area contributed by atoms with E-state index in [1.54, 1.807) is 0 Å². The highest BCUT2D eigenvalue weighted by Gasteiger charge is 2.03. The zero-order valence-electron chi connectivity index (χ0n) is 12.0. The minimum atomic E-state index is 0.931. The molecule has 0 N–H and O–H groups in total. The van der Waals surface area contributed by atoms with Gasteiger partial charge in [-0.1, -0.05) is 74.7 Å². The van der Waals surface area contributed by atoms with E-state index in [1.165, 1.54) is 25.7 Å². The molecule has 0 nitrogen and oxygen atoms in total. The second-order valence-electron chi connectivity index (χ2n) is 3.97. The molecule has 0 amide bonds. The van der Waals surface area contributed by atoms with Crippen LogP contribution in [0.1, 0.15) is 81.1 Å². The van der Waals surface area contributed by atoms with Crippen molar-refractivity contribution in [3.8, 4) is 0 Å². The maximum absolute atomic E-state index is 2.34. The molecule has 0 heteroatoms. The van der Waals surface area contributed by atoms with Gasteiger partial charge in [-0.3, -0.25) is 0 Å². The number of hydrogen-bond donors (Lipinski definition) is 0. The highest BCUT2D eigenvalue weighted by Crippen LogP contribution is 2.16. The highest BCUT2D eigenvalue weighted by atomic mass is 14.1. The maximum atomic E-state index is 2.34. The first-order valence-corrected chi connectivity index (χ1v) is 6.62. The van der Waals surface area contributed by atoms with E-state index in [1.807, 2.05) is 13.8 Å². The Labute approximate surface area is 93.5 Å². The van der Waals surface area contributed by atoms with Gasteiger partial charge in [0.2, 0.25) is 0 Å². The monoisotopic (exact) mass is 202 g/mol. The summed E-state index contributed by atoms with van der Waals surface area (Å²) in [6.45, 7) is 17.5. The first-order chi connectivity index (χ1) is 6.62. The van der Waals surface area contributed by atoms with E-state index in [0.29, 0.717) is 0 Å². The van der Waals surface area contributed by atoms with Crippen LogP contribution in [0.2, 0.25) is 0 Å². The molecule has 0 bridgehead atoms. The van der Waals surface area contributed by atoms with Crippen LogP contribution in [0.25, 0.3) is 0 Å². The van der Waals surface area contributed by atoms with E-state index in [9.17, 15) is 0 Å². The molecule has 90 valence electrons. The summed E-state index contributed by atoms with van der Waals surface area (Å²) in [5.74, 6) is 1.86. The molecule has 2 atom stereocenters. The zero-order chi connectivity index (χ0) is 12.0. The summed E-state index contributed by atoms with van der Waals surface area (Å²) >= 11 is 0. The van der Waals surface area contributed by atoms with E-state index in [2.05, 4.69) is 41.5 Å². The van der Waals surface area contributed by atoms with Crippen LogP contribution in [-0.4, -0.2) is 0 Å². The minimum Gasteiger partial charge on any atom is -0.0683 e. The summed E-state index contributed by atoms with van der Waals surface area (Å²) in [7, 11) is 0. The molecular formula is C14H34. The van der Waals surface area contributed by atoms with Crippen LogP contribution >= 0.6 is 0 Å². The molecule has 14 heavy (non-hydrogen) atoms. The van der Waals surface area contributed by atoms with Gasteiger partial charge in [-0.25, -0.2) is 0 Å². The van der Waals surface area contributed by atoms with E-state index in [4.69, 9.17) is 0 Å². The molecule has 2 unspecified atom stereocenters. The topological polar surface area (TPSA) is 0 Å². The molecule has 0 heterocycles. The quantitative estimate of drug-likeness (QED) is 0.531. The number of hydrogen-bond acceptors (Lipinski definition) is 0. The first kappa shape index (κ1) is 19.6. The van der Waals surface area contributed by atoms with Gasteiger partial charge in [-0.2, -0.15) is 0 Å². The summed E-state index contributed by atoms with van der Waals surface area (Å²) in [6.07, 6.45) is 5.34. The van der Waals surface area contributed by atoms with Gasteiger partial charge in [0.05, 0.1) is 0 Å². The predicted molar refractivity (Wildman–Crippen MR) is 70.8 cm³/mol. The minimum absolute atomic E-state index is 0.931. The van der Waals surface area contributed by atoms with Crippen LogP contribution < -0.4 is 0 Å². The molecule has 0 aromatic heterocycles. The van der Waals surface area contributed by atoms with Crippen molar-refractivity contribution in [3.05, 3.63) is 0 Å². The third-order valence-electron chi connectivity index (χ3n) is 2.20. The maximum Gasteiger partial charge on any atom is -0.0443 e. The molecule has 0 aliphatic heterocycles. The summed E-state index contributed by atoms with van der Waals surface area (Å²) < 4.78 is 0. The van der Waals surface area contributed by atoms with Crippen molar-refractivity contribution in [2.24, 2.45) is 11.8 Å². The molecule has 0 spiro atoms. The second kappa shape index (κ2) is 18.7. The van der Waals surface area contributed by atoms with Crippen molar-refractivity contribution >= 4 is 0 Å². The Morgan fingerprint density at radius 3 is 1.07 bits per heavy atom. The van der Waals surface area contributed by atoms with E-state index < -0.39 is 0 Å². The Hall–Kier alpha value is 0. The Morgan fingerprint density at radius 2 is 0.929 bits per heavy atom. The lowest BCUT2D eigenvalue weighted by molar-refractivity contribution is 0.397. The van der Waals surface area contributed by atoms with Gasteiger partial charge >= 0.3 is 0 Å². The molecular weight excluding hydrogens is 168 g/mol. The average molecular weight is 202 g/mol. The zero-order valence-corrected chi connectivity index (χ0v) is 12.0. The Bertz CT molecular complexity index is 58.4. The Kier molecular flexibility index (Phi) is 26.1. The van der Waals surface area contributed by atoms with Crippen LogP contribution in [0.5, 0.6) is 0 Å². The molecule has 0 aromatic rings. The lowest BCUT2D eigenvalue weighted by Gasteiger charge is -2.12. The molecule has 0 saturated heterocycles. The average Bonchev–Trinajstić information content (AvgIpc) is 2.21. The van der Waals surface area contributed by atoms with Crippen molar-refractivity contribution in [2.75, 3.05) is 0 Å². The predicted octanol–water partition coefficient (Wildman–Crippen LogP) is 5.91. The fourth-order valence-corrected chi connectivity index (χ4v) is 1.02. The van der Waals surface area contributed by atoms with Crippen molar-refractivity contribution in [2.45, 2.75) is 81.1 Å². The summed E-state index contributed by atoms with van der Waals surface area (Å²) in [5.41, 5.74) is 0. The van der Waals surface area contributed by atoms with Crippen LogP contribution in [0.3, 0.4) is 0 Å². The van der Waals surface area contributed by atoms with Crippen LogP contribution in [0.15, 0.2) is 0 Å². The van der Waals surface area contributed by atoms with Gasteiger partial charge in [0.1, 0.15) is 0 Å². The second-order valence-corrected chi connectivity index (χ2v) is 3.97. The van der Waals surface area contributed by atoms with Gasteiger partial charge in [0.25, 0.3) is 0 Å². The molecule has 0 saturated carbocycles. The lowest BCUT2D eigenvalue weighted by atomic mass is 9.94. The number of rotatable bonds is 4. The standard InChI is InChI=1S/C9H20.C3H8.C2H6/c1-5-8(3)7-9(4)6-2;1-3-2;1-2/h8-9H,5-7H2,1-4H3;3H2,1-2H3;1-2H3. The van der Waals surface area contributed by atoms with Crippen molar-refractivity contribution in [3.63, 3.8) is 0 Å². The molecule has 0 rings (SSSR count). The van der Waals surface area contributed by atoms with Crippen molar-refractivity contribution in [1.29, 1.82) is 0 Å². The summed E-state index contributed by atoms with van der Waals surface area (Å²) in [6, 6.07) is 0. The van der Waals surface area contributed by atoms with Gasteiger partial charge in [-0.15, -0.1) is 0 Å². The van der Waals surface area contributed by atoms with Gasteiger partial charge < -0.3 is 0 Å². The Balaban J connectivity index is -0.000000205. The molecule has 0 aliphatic rings. The van der Waals surface area contributed by atoms with E-state index in [0.717, 1.165) is 11.8 Å². The van der Waals surface area contributed by atoms with Crippen LogP contribution in [-0.2, 0) is 0 Å². The van der Waals surface area contributed by atoms with Gasteiger partial charge in [0.15, 0.2) is 0 Å². The summed E-state index contributed by atoms with van der Waals surface area (Å²) in [5, 5.41) is 0. The van der Waals surface area contributed by atoms with Gasteiger partial charge in [0, 0.05) is 0 Å². The smallest absolute Gasteiger partial charge is 0.0443 e. The van der Waals surface area contributed by atoms with Crippen molar-refractivity contribution < 1.29 is 0 Å². The molecule has 0 radical (unpaired) electrons. The van der Waals surface area contributed by atoms with Crippen LogP contribution in [0.4, 0.5) is 0 Å². The molecule has 0 aromatic carbocycles. The van der Waals surface area contributed by atoms with Gasteiger partial charge in [-0.05, 0) is 18.3 Å². The fourth-order valence-electron chi connectivity index (χ4n) is 1.02. The summed E-state index contributed by atoms with van der Waals surface area (Å²) in [4.78, 5) is 0. The van der Waals surface area contributed by atoms with Crippen LogP contribution in [0, 0.1) is 11.8 Å². The lowest BCUT2D eigenvalue weighted by Crippen LogP contribution is -2.00. The largest absolute Gasteiger partial charge is 0.0683 e. The SMILES string of the molecule is CC.CCC.CCC(C)CC(C)CC. The fraction of sp³-hybridized carbons (Fsp3) is 1.00. The third-order valence-corrected chi connectivity index (χ3v) is 2.20. The molecule has 0 aliphatic carbocycles. The van der Waals surface area contributed by atoms with E-state index in [-0.39, 0.29) is 0 Å².